The molecule has 1 N–H and O–H groups in total. The molecule has 0 spiro atoms. The molecule has 0 saturated carbocycles. The van der Waals surface area contributed by atoms with Crippen LogP contribution in [0.3, 0.4) is 0 Å². The number of rotatable bonds is 4. The van der Waals surface area contributed by atoms with Gasteiger partial charge in [-0.2, -0.15) is 0 Å². The average Bonchev–Trinajstić information content (AvgIpc) is 2.92. The van der Waals surface area contributed by atoms with Crippen LogP contribution in [0.15, 0.2) is 24.3 Å². The molecule has 1 heterocycles. The summed E-state index contributed by atoms with van der Waals surface area (Å²) in [5.41, 5.74) is 6.29. The van der Waals surface area contributed by atoms with Crippen molar-refractivity contribution in [1.82, 2.24) is 15.3 Å². The summed E-state index contributed by atoms with van der Waals surface area (Å²) < 4.78 is 0. The molecule has 0 amide bonds. The second kappa shape index (κ2) is 5.71. The highest BCUT2D eigenvalue weighted by molar-refractivity contribution is 5.62. The first-order valence-corrected chi connectivity index (χ1v) is 7.43. The average molecular weight is 267 g/mol. The van der Waals surface area contributed by atoms with E-state index in [1.165, 1.54) is 36.0 Å². The van der Waals surface area contributed by atoms with Crippen molar-refractivity contribution in [1.29, 1.82) is 0 Å². The molecule has 1 aromatic heterocycles. The number of aromatic nitrogens is 2. The zero-order chi connectivity index (χ0) is 13.9. The highest BCUT2D eigenvalue weighted by Gasteiger charge is 2.12. The van der Waals surface area contributed by atoms with Gasteiger partial charge >= 0.3 is 0 Å². The second-order valence-electron chi connectivity index (χ2n) is 5.43. The van der Waals surface area contributed by atoms with Gasteiger partial charge in [0.15, 0.2) is 0 Å². The molecule has 3 heteroatoms. The van der Waals surface area contributed by atoms with Crippen LogP contribution in [0.5, 0.6) is 0 Å². The van der Waals surface area contributed by atoms with Crippen molar-refractivity contribution in [2.75, 3.05) is 6.54 Å². The van der Waals surface area contributed by atoms with Crippen LogP contribution in [0, 0.1) is 6.92 Å². The van der Waals surface area contributed by atoms with E-state index in [2.05, 4.69) is 41.5 Å². The topological polar surface area (TPSA) is 37.8 Å². The Labute approximate surface area is 120 Å². The van der Waals surface area contributed by atoms with Crippen LogP contribution >= 0.6 is 0 Å². The van der Waals surface area contributed by atoms with E-state index in [1.807, 2.05) is 6.92 Å². The number of aryl methyl sites for hydroxylation is 3. The fourth-order valence-electron chi connectivity index (χ4n) is 2.82. The Morgan fingerprint density at radius 2 is 1.95 bits per heavy atom. The highest BCUT2D eigenvalue weighted by Crippen LogP contribution is 2.27. The fraction of sp³-hybridized carbons (Fsp3) is 0.412. The Morgan fingerprint density at radius 3 is 2.80 bits per heavy atom. The van der Waals surface area contributed by atoms with Crippen molar-refractivity contribution in [3.63, 3.8) is 0 Å². The number of benzene rings is 1. The highest BCUT2D eigenvalue weighted by atomic mass is 15.0. The summed E-state index contributed by atoms with van der Waals surface area (Å²) in [7, 11) is 0. The van der Waals surface area contributed by atoms with Gasteiger partial charge in [-0.25, -0.2) is 9.97 Å². The largest absolute Gasteiger partial charge is 0.310 e. The minimum atomic E-state index is 0.732. The van der Waals surface area contributed by atoms with Gasteiger partial charge in [-0.05, 0) is 56.0 Å². The zero-order valence-corrected chi connectivity index (χ0v) is 12.2. The number of hydrogen-bond donors (Lipinski definition) is 1. The lowest BCUT2D eigenvalue weighted by atomic mass is 10.0. The molecule has 0 fully saturated rings. The minimum Gasteiger partial charge on any atom is -0.310 e. The Morgan fingerprint density at radius 1 is 1.10 bits per heavy atom. The summed E-state index contributed by atoms with van der Waals surface area (Å²) in [5, 5.41) is 3.29. The van der Waals surface area contributed by atoms with Gasteiger partial charge in [0.25, 0.3) is 0 Å². The van der Waals surface area contributed by atoms with E-state index in [1.54, 1.807) is 0 Å². The normalized spacial score (nSPS) is 13.5. The number of nitrogens with zero attached hydrogens (tertiary/aromatic N) is 2. The lowest BCUT2D eigenvalue weighted by Crippen LogP contribution is -2.15. The maximum atomic E-state index is 4.69. The van der Waals surface area contributed by atoms with Crippen LogP contribution in [-0.2, 0) is 19.4 Å². The van der Waals surface area contributed by atoms with E-state index in [0.29, 0.717) is 0 Å². The molecule has 104 valence electrons. The first-order chi connectivity index (χ1) is 9.76. The van der Waals surface area contributed by atoms with Crippen LogP contribution in [0.2, 0.25) is 0 Å². The summed E-state index contributed by atoms with van der Waals surface area (Å²) in [6, 6.07) is 8.84. The molecule has 0 radical (unpaired) electrons. The van der Waals surface area contributed by atoms with E-state index in [9.17, 15) is 0 Å². The number of hydrogen-bond acceptors (Lipinski definition) is 3. The van der Waals surface area contributed by atoms with Crippen LogP contribution in [0.1, 0.15) is 36.0 Å². The van der Waals surface area contributed by atoms with Crippen LogP contribution < -0.4 is 5.32 Å². The Bertz CT molecular complexity index is 620. The molecular weight excluding hydrogens is 246 g/mol. The van der Waals surface area contributed by atoms with E-state index in [-0.39, 0.29) is 0 Å². The molecule has 20 heavy (non-hydrogen) atoms. The lowest BCUT2D eigenvalue weighted by Gasteiger charge is -2.08. The van der Waals surface area contributed by atoms with Gasteiger partial charge in [-0.3, -0.25) is 0 Å². The van der Waals surface area contributed by atoms with E-state index >= 15 is 0 Å². The van der Waals surface area contributed by atoms with E-state index in [0.717, 1.165) is 30.3 Å². The zero-order valence-electron chi connectivity index (χ0n) is 12.2. The third-order valence-electron chi connectivity index (χ3n) is 3.83. The summed E-state index contributed by atoms with van der Waals surface area (Å²) in [6.45, 7) is 5.80. The molecule has 3 nitrogen and oxygen atoms in total. The van der Waals surface area contributed by atoms with Gasteiger partial charge in [0.1, 0.15) is 5.82 Å². The molecule has 1 aliphatic carbocycles. The van der Waals surface area contributed by atoms with Gasteiger partial charge in [0, 0.05) is 11.3 Å². The molecule has 0 unspecified atom stereocenters. The van der Waals surface area contributed by atoms with Crippen LogP contribution in [0.4, 0.5) is 0 Å². The van der Waals surface area contributed by atoms with Crippen molar-refractivity contribution < 1.29 is 0 Å². The predicted octanol–water partition coefficient (Wildman–Crippen LogP) is 3.05. The Balaban J connectivity index is 1.94. The van der Waals surface area contributed by atoms with Crippen molar-refractivity contribution in [3.8, 4) is 11.3 Å². The second-order valence-corrected chi connectivity index (χ2v) is 5.43. The molecule has 1 aliphatic rings. The Kier molecular flexibility index (Phi) is 3.79. The van der Waals surface area contributed by atoms with Crippen molar-refractivity contribution >= 4 is 0 Å². The van der Waals surface area contributed by atoms with Gasteiger partial charge in [-0.1, -0.05) is 19.1 Å². The van der Waals surface area contributed by atoms with Crippen LogP contribution in [-0.4, -0.2) is 16.5 Å². The molecule has 2 aromatic rings. The van der Waals surface area contributed by atoms with Crippen molar-refractivity contribution in [2.45, 2.75) is 39.7 Å². The lowest BCUT2D eigenvalue weighted by molar-refractivity contribution is 0.688. The molecule has 0 atom stereocenters. The minimum absolute atomic E-state index is 0.732. The summed E-state index contributed by atoms with van der Waals surface area (Å²) in [4.78, 5) is 9.19. The number of nitrogens with one attached hydrogen (secondary N) is 1. The summed E-state index contributed by atoms with van der Waals surface area (Å²) in [6.07, 6.45) is 3.72. The predicted molar refractivity (Wildman–Crippen MR) is 81.6 cm³/mol. The van der Waals surface area contributed by atoms with Gasteiger partial charge in [-0.15, -0.1) is 0 Å². The maximum Gasteiger partial charge on any atom is 0.143 e. The van der Waals surface area contributed by atoms with E-state index < -0.39 is 0 Å². The number of fused-ring (bicyclic) bond motifs is 1. The third-order valence-corrected chi connectivity index (χ3v) is 3.83. The van der Waals surface area contributed by atoms with Crippen molar-refractivity contribution in [3.05, 3.63) is 46.9 Å². The van der Waals surface area contributed by atoms with E-state index in [4.69, 9.17) is 4.98 Å². The van der Waals surface area contributed by atoms with Crippen LogP contribution in [0.25, 0.3) is 11.3 Å². The Hall–Kier alpha value is -1.74. The standard InChI is InChI=1S/C17H21N3/c1-3-18-11-17-19-12(2)9-16(20-17)15-8-7-13-5-4-6-14(13)10-15/h7-10,18H,3-6,11H2,1-2H3. The van der Waals surface area contributed by atoms with Crippen molar-refractivity contribution in [2.24, 2.45) is 0 Å². The SMILES string of the molecule is CCNCc1nc(C)cc(-c2ccc3c(c2)CCC3)n1. The maximum absolute atomic E-state index is 4.69. The monoisotopic (exact) mass is 267 g/mol. The molecule has 0 aliphatic heterocycles. The fourth-order valence-corrected chi connectivity index (χ4v) is 2.82. The van der Waals surface area contributed by atoms with Gasteiger partial charge in [0.05, 0.1) is 12.2 Å². The van der Waals surface area contributed by atoms with Gasteiger partial charge in [0.2, 0.25) is 0 Å². The molecule has 0 bridgehead atoms. The molecule has 3 rings (SSSR count). The smallest absolute Gasteiger partial charge is 0.143 e. The molecular formula is C17H21N3. The molecule has 0 saturated heterocycles. The summed E-state index contributed by atoms with van der Waals surface area (Å²) >= 11 is 0. The summed E-state index contributed by atoms with van der Waals surface area (Å²) in [5.74, 6) is 0.877. The first-order valence-electron chi connectivity index (χ1n) is 7.43. The first kappa shape index (κ1) is 13.3. The molecule has 1 aromatic carbocycles. The van der Waals surface area contributed by atoms with Gasteiger partial charge < -0.3 is 5.32 Å². The third kappa shape index (κ3) is 2.73. The quantitative estimate of drug-likeness (QED) is 0.925.